The van der Waals surface area contributed by atoms with Crippen LogP contribution in [0.5, 0.6) is 0 Å². The van der Waals surface area contributed by atoms with Crippen molar-refractivity contribution in [2.75, 3.05) is 13.6 Å². The van der Waals surface area contributed by atoms with Crippen molar-refractivity contribution in [1.29, 1.82) is 0 Å². The van der Waals surface area contributed by atoms with Crippen LogP contribution in [0.1, 0.15) is 46.0 Å². The maximum absolute atomic E-state index is 12.6. The highest BCUT2D eigenvalue weighted by Gasteiger charge is 2.41. The Morgan fingerprint density at radius 2 is 1.70 bits per heavy atom. The van der Waals surface area contributed by atoms with Crippen molar-refractivity contribution < 1.29 is 14.7 Å². The molecule has 20 heavy (non-hydrogen) atoms. The molecule has 0 bridgehead atoms. The number of hydrogen-bond acceptors (Lipinski definition) is 2. The lowest BCUT2D eigenvalue weighted by Gasteiger charge is -2.37. The van der Waals surface area contributed by atoms with E-state index < -0.39 is 12.0 Å². The number of hydrogen-bond donors (Lipinski definition) is 1. The zero-order chi connectivity index (χ0) is 14.9. The normalized spacial score (nSPS) is 34.0. The van der Waals surface area contributed by atoms with E-state index in [0.717, 1.165) is 38.0 Å². The number of likely N-dealkylation sites (tertiary alicyclic amines) is 1. The van der Waals surface area contributed by atoms with Gasteiger partial charge in [0.15, 0.2) is 0 Å². The van der Waals surface area contributed by atoms with Gasteiger partial charge in [-0.1, -0.05) is 13.8 Å². The van der Waals surface area contributed by atoms with Crippen LogP contribution in [0.4, 0.5) is 4.79 Å². The van der Waals surface area contributed by atoms with Gasteiger partial charge in [0, 0.05) is 19.6 Å². The van der Waals surface area contributed by atoms with Crippen molar-refractivity contribution >= 4 is 12.0 Å². The van der Waals surface area contributed by atoms with Crippen LogP contribution in [0.2, 0.25) is 0 Å². The SMILES string of the molecule is CC1CCC(N(C)C(=O)N2CCC(C)C2C(=O)O)CC1. The third-order valence-electron chi connectivity index (χ3n) is 5.03. The number of carboxylic acid groups (broad SMARTS) is 1. The highest BCUT2D eigenvalue weighted by Crippen LogP contribution is 2.29. The molecular formula is C15H26N2O3. The molecule has 2 unspecified atom stereocenters. The molecule has 1 saturated carbocycles. The Bertz CT molecular complexity index is 377. The second-order valence-electron chi connectivity index (χ2n) is 6.55. The van der Waals surface area contributed by atoms with Crippen LogP contribution < -0.4 is 0 Å². The zero-order valence-electron chi connectivity index (χ0n) is 12.7. The van der Waals surface area contributed by atoms with Gasteiger partial charge in [-0.3, -0.25) is 0 Å². The molecule has 1 N–H and O–H groups in total. The van der Waals surface area contributed by atoms with Crippen molar-refractivity contribution in [1.82, 2.24) is 9.80 Å². The second kappa shape index (κ2) is 6.02. The largest absolute Gasteiger partial charge is 0.480 e. The molecule has 0 aromatic heterocycles. The van der Waals surface area contributed by atoms with Crippen molar-refractivity contribution in [3.63, 3.8) is 0 Å². The smallest absolute Gasteiger partial charge is 0.326 e. The minimum atomic E-state index is -0.881. The standard InChI is InChI=1S/C15H26N2O3/c1-10-4-6-12(7-5-10)16(3)15(20)17-9-8-11(2)13(17)14(18)19/h10-13H,4-9H2,1-3H3,(H,18,19). The molecule has 1 heterocycles. The molecular weight excluding hydrogens is 256 g/mol. The van der Waals surface area contributed by atoms with Crippen molar-refractivity contribution in [2.24, 2.45) is 11.8 Å². The van der Waals surface area contributed by atoms with E-state index in [1.54, 1.807) is 9.80 Å². The van der Waals surface area contributed by atoms with E-state index in [-0.39, 0.29) is 18.0 Å². The van der Waals surface area contributed by atoms with E-state index in [9.17, 15) is 14.7 Å². The number of carbonyl (C=O) groups is 2. The molecule has 0 spiro atoms. The summed E-state index contributed by atoms with van der Waals surface area (Å²) in [6, 6.07) is -0.502. The summed E-state index contributed by atoms with van der Waals surface area (Å²) in [7, 11) is 1.82. The van der Waals surface area contributed by atoms with Crippen molar-refractivity contribution in [2.45, 2.75) is 58.0 Å². The first-order valence-corrected chi connectivity index (χ1v) is 7.68. The second-order valence-corrected chi connectivity index (χ2v) is 6.55. The Morgan fingerprint density at radius 3 is 2.25 bits per heavy atom. The maximum atomic E-state index is 12.6. The lowest BCUT2D eigenvalue weighted by molar-refractivity contribution is -0.142. The van der Waals surface area contributed by atoms with E-state index in [1.165, 1.54) is 0 Å². The van der Waals surface area contributed by atoms with Crippen molar-refractivity contribution in [3.05, 3.63) is 0 Å². The van der Waals surface area contributed by atoms with Crippen LogP contribution in [0.3, 0.4) is 0 Å². The monoisotopic (exact) mass is 282 g/mol. The quantitative estimate of drug-likeness (QED) is 0.846. The fourth-order valence-electron chi connectivity index (χ4n) is 3.53. The summed E-state index contributed by atoms with van der Waals surface area (Å²) in [6.45, 7) is 4.72. The maximum Gasteiger partial charge on any atom is 0.326 e. The van der Waals surface area contributed by atoms with E-state index in [0.29, 0.717) is 6.54 Å². The zero-order valence-corrected chi connectivity index (χ0v) is 12.7. The van der Waals surface area contributed by atoms with Gasteiger partial charge < -0.3 is 14.9 Å². The Labute approximate surface area is 120 Å². The van der Waals surface area contributed by atoms with Gasteiger partial charge in [-0.05, 0) is 43.9 Å². The number of aliphatic carboxylic acids is 1. The lowest BCUT2D eigenvalue weighted by atomic mass is 9.87. The van der Waals surface area contributed by atoms with E-state index in [4.69, 9.17) is 0 Å². The minimum Gasteiger partial charge on any atom is -0.480 e. The fraction of sp³-hybridized carbons (Fsp3) is 0.867. The summed E-state index contributed by atoms with van der Waals surface area (Å²) in [6.07, 6.45) is 5.15. The minimum absolute atomic E-state index is 0.0382. The molecule has 0 radical (unpaired) electrons. The summed E-state index contributed by atoms with van der Waals surface area (Å²) < 4.78 is 0. The molecule has 0 aromatic carbocycles. The Morgan fingerprint density at radius 1 is 1.10 bits per heavy atom. The first kappa shape index (κ1) is 15.1. The van der Waals surface area contributed by atoms with E-state index in [2.05, 4.69) is 6.92 Å². The lowest BCUT2D eigenvalue weighted by Crippen LogP contribution is -2.51. The van der Waals surface area contributed by atoms with Gasteiger partial charge in [0.25, 0.3) is 0 Å². The van der Waals surface area contributed by atoms with Crippen LogP contribution >= 0.6 is 0 Å². The van der Waals surface area contributed by atoms with Gasteiger partial charge >= 0.3 is 12.0 Å². The molecule has 0 aromatic rings. The topological polar surface area (TPSA) is 60.9 Å². The van der Waals surface area contributed by atoms with Crippen LogP contribution in [-0.4, -0.2) is 52.6 Å². The van der Waals surface area contributed by atoms with E-state index in [1.807, 2.05) is 14.0 Å². The average Bonchev–Trinajstić information content (AvgIpc) is 2.80. The van der Waals surface area contributed by atoms with Gasteiger partial charge in [0.2, 0.25) is 0 Å². The van der Waals surface area contributed by atoms with Crippen molar-refractivity contribution in [3.8, 4) is 0 Å². The molecule has 5 heteroatoms. The van der Waals surface area contributed by atoms with E-state index >= 15 is 0 Å². The molecule has 1 aliphatic carbocycles. The van der Waals surface area contributed by atoms with Crippen LogP contribution in [0.15, 0.2) is 0 Å². The summed E-state index contributed by atoms with van der Waals surface area (Å²) in [5.41, 5.74) is 0. The molecule has 2 amide bonds. The van der Waals surface area contributed by atoms with Gasteiger partial charge in [0.05, 0.1) is 0 Å². The number of carboxylic acids is 1. The fourth-order valence-corrected chi connectivity index (χ4v) is 3.53. The Kier molecular flexibility index (Phi) is 4.55. The summed E-state index contributed by atoms with van der Waals surface area (Å²) in [4.78, 5) is 27.3. The first-order chi connectivity index (χ1) is 9.41. The average molecular weight is 282 g/mol. The summed E-state index contributed by atoms with van der Waals surface area (Å²) >= 11 is 0. The molecule has 2 atom stereocenters. The highest BCUT2D eigenvalue weighted by molar-refractivity contribution is 5.83. The number of nitrogens with zero attached hydrogens (tertiary/aromatic N) is 2. The van der Waals surface area contributed by atoms with Crippen LogP contribution in [0.25, 0.3) is 0 Å². The van der Waals surface area contributed by atoms with Crippen LogP contribution in [0, 0.1) is 11.8 Å². The predicted molar refractivity (Wildman–Crippen MR) is 76.5 cm³/mol. The molecule has 1 aliphatic heterocycles. The molecule has 5 nitrogen and oxygen atoms in total. The number of carbonyl (C=O) groups excluding carboxylic acids is 1. The van der Waals surface area contributed by atoms with Gasteiger partial charge in [-0.25, -0.2) is 9.59 Å². The predicted octanol–water partition coefficient (Wildman–Crippen LogP) is 2.41. The number of amides is 2. The Hall–Kier alpha value is -1.26. The Balaban J connectivity index is 2.01. The van der Waals surface area contributed by atoms with Gasteiger partial charge in [-0.15, -0.1) is 0 Å². The molecule has 114 valence electrons. The van der Waals surface area contributed by atoms with Gasteiger partial charge in [-0.2, -0.15) is 0 Å². The molecule has 2 fully saturated rings. The number of rotatable bonds is 2. The summed E-state index contributed by atoms with van der Waals surface area (Å²) in [5, 5.41) is 9.32. The molecule has 2 rings (SSSR count). The third-order valence-corrected chi connectivity index (χ3v) is 5.03. The first-order valence-electron chi connectivity index (χ1n) is 7.68. The summed E-state index contributed by atoms with van der Waals surface area (Å²) in [5.74, 6) is -0.0985. The molecule has 1 saturated heterocycles. The number of urea groups is 1. The van der Waals surface area contributed by atoms with Crippen LogP contribution in [-0.2, 0) is 4.79 Å². The van der Waals surface area contributed by atoms with Gasteiger partial charge in [0.1, 0.15) is 6.04 Å². The molecule has 2 aliphatic rings. The highest BCUT2D eigenvalue weighted by atomic mass is 16.4. The third kappa shape index (κ3) is 2.91.